The summed E-state index contributed by atoms with van der Waals surface area (Å²) in [5, 5.41) is 10.1. The van der Waals surface area contributed by atoms with E-state index in [-0.39, 0.29) is 6.10 Å². The summed E-state index contributed by atoms with van der Waals surface area (Å²) in [7, 11) is 1.64. The molecule has 0 heterocycles. The SMILES string of the molecule is COc1ccc(C=C(C#N)c2ccccc2Cl)cc1OC1CCCC1. The van der Waals surface area contributed by atoms with Gasteiger partial charge in [-0.15, -0.1) is 0 Å². The summed E-state index contributed by atoms with van der Waals surface area (Å²) in [4.78, 5) is 0. The van der Waals surface area contributed by atoms with Crippen molar-refractivity contribution in [1.29, 1.82) is 5.26 Å². The Morgan fingerprint density at radius 1 is 1.16 bits per heavy atom. The molecule has 128 valence electrons. The van der Waals surface area contributed by atoms with Gasteiger partial charge in [0, 0.05) is 10.6 Å². The first-order valence-corrected chi connectivity index (χ1v) is 8.80. The normalized spacial score (nSPS) is 15.0. The number of rotatable bonds is 5. The van der Waals surface area contributed by atoms with Gasteiger partial charge in [0.05, 0.1) is 24.9 Å². The number of hydrogen-bond acceptors (Lipinski definition) is 3. The Bertz CT molecular complexity index is 817. The van der Waals surface area contributed by atoms with E-state index in [1.165, 1.54) is 12.8 Å². The first kappa shape index (κ1) is 17.4. The van der Waals surface area contributed by atoms with Crippen molar-refractivity contribution in [3.8, 4) is 17.6 Å². The van der Waals surface area contributed by atoms with E-state index in [2.05, 4.69) is 6.07 Å². The van der Waals surface area contributed by atoms with Crippen LogP contribution in [0.1, 0.15) is 36.8 Å². The average Bonchev–Trinajstić information content (AvgIpc) is 3.14. The van der Waals surface area contributed by atoms with E-state index >= 15 is 0 Å². The highest BCUT2D eigenvalue weighted by atomic mass is 35.5. The highest BCUT2D eigenvalue weighted by Gasteiger charge is 2.18. The second-order valence-electron chi connectivity index (χ2n) is 6.08. The van der Waals surface area contributed by atoms with E-state index in [1.807, 2.05) is 42.5 Å². The zero-order chi connectivity index (χ0) is 17.6. The molecule has 0 radical (unpaired) electrons. The molecule has 0 bridgehead atoms. The minimum atomic E-state index is 0.243. The van der Waals surface area contributed by atoms with Crippen molar-refractivity contribution in [2.75, 3.05) is 7.11 Å². The minimum absolute atomic E-state index is 0.243. The van der Waals surface area contributed by atoms with Crippen molar-refractivity contribution >= 4 is 23.3 Å². The summed E-state index contributed by atoms with van der Waals surface area (Å²) in [6.07, 6.45) is 6.63. The maximum absolute atomic E-state index is 9.53. The molecule has 1 aliphatic carbocycles. The lowest BCUT2D eigenvalue weighted by Crippen LogP contribution is -2.11. The molecule has 2 aromatic carbocycles. The average molecular weight is 354 g/mol. The van der Waals surface area contributed by atoms with Gasteiger partial charge >= 0.3 is 0 Å². The Kier molecular flexibility index (Phi) is 5.63. The standard InChI is InChI=1S/C21H20ClNO2/c1-24-20-11-10-15(13-21(20)25-17-6-2-3-7-17)12-16(14-23)18-8-4-5-9-19(18)22/h4-5,8-13,17H,2-3,6-7H2,1H3. The minimum Gasteiger partial charge on any atom is -0.493 e. The molecule has 0 N–H and O–H groups in total. The highest BCUT2D eigenvalue weighted by molar-refractivity contribution is 6.32. The predicted octanol–water partition coefficient (Wildman–Crippen LogP) is 5.73. The summed E-state index contributed by atoms with van der Waals surface area (Å²) < 4.78 is 11.5. The van der Waals surface area contributed by atoms with Crippen LogP contribution in [0.4, 0.5) is 0 Å². The van der Waals surface area contributed by atoms with Crippen molar-refractivity contribution < 1.29 is 9.47 Å². The Morgan fingerprint density at radius 3 is 2.60 bits per heavy atom. The largest absolute Gasteiger partial charge is 0.493 e. The molecule has 3 rings (SSSR count). The van der Waals surface area contributed by atoms with Crippen molar-refractivity contribution in [3.05, 3.63) is 58.6 Å². The molecule has 0 atom stereocenters. The zero-order valence-corrected chi connectivity index (χ0v) is 14.9. The first-order valence-electron chi connectivity index (χ1n) is 8.42. The van der Waals surface area contributed by atoms with Gasteiger partial charge in [-0.2, -0.15) is 5.26 Å². The number of hydrogen-bond donors (Lipinski definition) is 0. The third-order valence-electron chi connectivity index (χ3n) is 4.38. The van der Waals surface area contributed by atoms with Gasteiger partial charge in [-0.25, -0.2) is 0 Å². The van der Waals surface area contributed by atoms with Gasteiger partial charge in [-0.3, -0.25) is 0 Å². The van der Waals surface area contributed by atoms with Crippen LogP contribution in [-0.4, -0.2) is 13.2 Å². The molecule has 1 aliphatic rings. The topological polar surface area (TPSA) is 42.2 Å². The van der Waals surface area contributed by atoms with Crippen LogP contribution in [0.2, 0.25) is 5.02 Å². The fraction of sp³-hybridized carbons (Fsp3) is 0.286. The summed E-state index contributed by atoms with van der Waals surface area (Å²) >= 11 is 6.22. The van der Waals surface area contributed by atoms with Crippen molar-refractivity contribution in [2.24, 2.45) is 0 Å². The van der Waals surface area contributed by atoms with Crippen molar-refractivity contribution in [2.45, 2.75) is 31.8 Å². The molecule has 4 heteroatoms. The van der Waals surface area contributed by atoms with Crippen LogP contribution in [0.3, 0.4) is 0 Å². The van der Waals surface area contributed by atoms with Crippen LogP contribution in [-0.2, 0) is 0 Å². The molecule has 2 aromatic rings. The molecule has 1 fully saturated rings. The Hall–Kier alpha value is -2.44. The number of halogens is 1. The third kappa shape index (κ3) is 4.15. The maximum Gasteiger partial charge on any atom is 0.162 e. The lowest BCUT2D eigenvalue weighted by molar-refractivity contribution is 0.201. The van der Waals surface area contributed by atoms with E-state index in [9.17, 15) is 5.26 Å². The first-order chi connectivity index (χ1) is 12.2. The van der Waals surface area contributed by atoms with Crippen LogP contribution in [0.5, 0.6) is 11.5 Å². The highest BCUT2D eigenvalue weighted by Crippen LogP contribution is 2.34. The number of methoxy groups -OCH3 is 1. The summed E-state index contributed by atoms with van der Waals surface area (Å²) in [6, 6.07) is 15.3. The van der Waals surface area contributed by atoms with Crippen LogP contribution >= 0.6 is 11.6 Å². The fourth-order valence-corrected chi connectivity index (χ4v) is 3.32. The quantitative estimate of drug-likeness (QED) is 0.509. The van der Waals surface area contributed by atoms with E-state index in [4.69, 9.17) is 21.1 Å². The molecule has 3 nitrogen and oxygen atoms in total. The van der Waals surface area contributed by atoms with Crippen LogP contribution in [0.15, 0.2) is 42.5 Å². The van der Waals surface area contributed by atoms with E-state index in [0.717, 1.165) is 29.7 Å². The van der Waals surface area contributed by atoms with Crippen LogP contribution in [0.25, 0.3) is 11.6 Å². The molecule has 25 heavy (non-hydrogen) atoms. The van der Waals surface area contributed by atoms with Gasteiger partial charge in [-0.1, -0.05) is 35.9 Å². The Labute approximate surface area is 153 Å². The molecule has 0 aromatic heterocycles. The molecular weight excluding hydrogens is 334 g/mol. The monoisotopic (exact) mass is 353 g/mol. The third-order valence-corrected chi connectivity index (χ3v) is 4.71. The molecular formula is C21H20ClNO2. The second-order valence-corrected chi connectivity index (χ2v) is 6.49. The van der Waals surface area contributed by atoms with Crippen molar-refractivity contribution in [3.63, 3.8) is 0 Å². The summed E-state index contributed by atoms with van der Waals surface area (Å²) in [5.74, 6) is 1.43. The number of benzene rings is 2. The van der Waals surface area contributed by atoms with Crippen LogP contribution < -0.4 is 9.47 Å². The second kappa shape index (κ2) is 8.09. The van der Waals surface area contributed by atoms with Gasteiger partial charge < -0.3 is 9.47 Å². The fourth-order valence-electron chi connectivity index (χ4n) is 3.08. The molecule has 1 saturated carbocycles. The maximum atomic E-state index is 9.53. The number of nitrogens with zero attached hydrogens (tertiary/aromatic N) is 1. The molecule has 0 unspecified atom stereocenters. The Balaban J connectivity index is 1.93. The smallest absolute Gasteiger partial charge is 0.162 e. The predicted molar refractivity (Wildman–Crippen MR) is 101 cm³/mol. The summed E-state index contributed by atoms with van der Waals surface area (Å²) in [5.41, 5.74) is 2.12. The van der Waals surface area contributed by atoms with E-state index in [1.54, 1.807) is 13.2 Å². The number of allylic oxidation sites excluding steroid dienone is 1. The number of ether oxygens (including phenoxy) is 2. The van der Waals surface area contributed by atoms with E-state index < -0.39 is 0 Å². The lowest BCUT2D eigenvalue weighted by atomic mass is 10.0. The lowest BCUT2D eigenvalue weighted by Gasteiger charge is -2.16. The molecule has 0 spiro atoms. The molecule has 0 amide bonds. The Morgan fingerprint density at radius 2 is 1.92 bits per heavy atom. The number of nitriles is 1. The molecule has 0 aliphatic heterocycles. The van der Waals surface area contributed by atoms with Crippen molar-refractivity contribution in [1.82, 2.24) is 0 Å². The van der Waals surface area contributed by atoms with Gasteiger partial charge in [0.1, 0.15) is 0 Å². The summed E-state index contributed by atoms with van der Waals surface area (Å²) in [6.45, 7) is 0. The van der Waals surface area contributed by atoms with Gasteiger partial charge in [0.25, 0.3) is 0 Å². The van der Waals surface area contributed by atoms with Crippen LogP contribution in [0, 0.1) is 11.3 Å². The zero-order valence-electron chi connectivity index (χ0n) is 14.2. The van der Waals surface area contributed by atoms with Gasteiger partial charge in [0.15, 0.2) is 11.5 Å². The van der Waals surface area contributed by atoms with E-state index in [0.29, 0.717) is 16.3 Å². The molecule has 0 saturated heterocycles. The van der Waals surface area contributed by atoms with Gasteiger partial charge in [0.2, 0.25) is 0 Å². The van der Waals surface area contributed by atoms with Gasteiger partial charge in [-0.05, 0) is 55.5 Å².